The number of aliphatic hydroxyl groups is 1. The second kappa shape index (κ2) is 8.08. The number of ether oxygens (including phenoxy) is 1. The quantitative estimate of drug-likeness (QED) is 0.694. The fraction of sp³-hybridized carbons (Fsp3) is 0.444. The van der Waals surface area contributed by atoms with E-state index in [1.54, 1.807) is 24.3 Å². The molecule has 2 amide bonds. The molecule has 1 aliphatic heterocycles. The van der Waals surface area contributed by atoms with Crippen LogP contribution in [0.15, 0.2) is 36.9 Å². The SMILES string of the molecule is C=CC(=O)Nc1cccc(C(=O)NC(C)CC2(O)CCOCC2)c1. The molecule has 1 aromatic carbocycles. The van der Waals surface area contributed by atoms with E-state index in [1.807, 2.05) is 6.92 Å². The van der Waals surface area contributed by atoms with E-state index in [4.69, 9.17) is 4.74 Å². The van der Waals surface area contributed by atoms with Crippen molar-refractivity contribution < 1.29 is 19.4 Å². The molecule has 0 aromatic heterocycles. The highest BCUT2D eigenvalue weighted by Gasteiger charge is 2.31. The Morgan fingerprint density at radius 2 is 2.12 bits per heavy atom. The van der Waals surface area contributed by atoms with E-state index in [1.165, 1.54) is 6.08 Å². The van der Waals surface area contributed by atoms with Crippen LogP contribution in [0.4, 0.5) is 5.69 Å². The Labute approximate surface area is 141 Å². The molecule has 1 atom stereocenters. The normalized spacial score (nSPS) is 17.6. The number of hydrogen-bond acceptors (Lipinski definition) is 4. The second-order valence-corrected chi connectivity index (χ2v) is 6.19. The number of hydrogen-bond donors (Lipinski definition) is 3. The maximum Gasteiger partial charge on any atom is 0.251 e. The molecule has 1 aliphatic rings. The molecule has 1 aromatic rings. The fourth-order valence-corrected chi connectivity index (χ4v) is 2.82. The summed E-state index contributed by atoms with van der Waals surface area (Å²) in [4.78, 5) is 23.7. The van der Waals surface area contributed by atoms with Crippen LogP contribution in [0.3, 0.4) is 0 Å². The van der Waals surface area contributed by atoms with E-state index in [0.29, 0.717) is 43.7 Å². The molecule has 0 bridgehead atoms. The minimum Gasteiger partial charge on any atom is -0.390 e. The Morgan fingerprint density at radius 1 is 1.42 bits per heavy atom. The van der Waals surface area contributed by atoms with Crippen LogP contribution in [-0.4, -0.2) is 41.8 Å². The summed E-state index contributed by atoms with van der Waals surface area (Å²) in [6.45, 7) is 6.35. The molecule has 1 saturated heterocycles. The zero-order valence-electron chi connectivity index (χ0n) is 13.9. The van der Waals surface area contributed by atoms with Gasteiger partial charge in [0.25, 0.3) is 5.91 Å². The minimum absolute atomic E-state index is 0.174. The molecule has 3 N–H and O–H groups in total. The molecule has 2 rings (SSSR count). The Morgan fingerprint density at radius 3 is 2.79 bits per heavy atom. The van der Waals surface area contributed by atoms with Crippen molar-refractivity contribution in [2.24, 2.45) is 0 Å². The lowest BCUT2D eigenvalue weighted by molar-refractivity contribution is -0.111. The maximum atomic E-state index is 12.4. The number of nitrogens with one attached hydrogen (secondary N) is 2. The van der Waals surface area contributed by atoms with Gasteiger partial charge >= 0.3 is 0 Å². The first kappa shape index (κ1) is 18.2. The molecule has 6 heteroatoms. The molecule has 0 saturated carbocycles. The molecule has 0 radical (unpaired) electrons. The lowest BCUT2D eigenvalue weighted by Gasteiger charge is -2.34. The summed E-state index contributed by atoms with van der Waals surface area (Å²) < 4.78 is 5.26. The van der Waals surface area contributed by atoms with E-state index >= 15 is 0 Å². The number of benzene rings is 1. The molecule has 0 aliphatic carbocycles. The second-order valence-electron chi connectivity index (χ2n) is 6.19. The van der Waals surface area contributed by atoms with Crippen LogP contribution < -0.4 is 10.6 Å². The van der Waals surface area contributed by atoms with Crippen LogP contribution >= 0.6 is 0 Å². The minimum atomic E-state index is -0.787. The summed E-state index contributed by atoms with van der Waals surface area (Å²) >= 11 is 0. The van der Waals surface area contributed by atoms with Crippen LogP contribution in [0.5, 0.6) is 0 Å². The Hall–Kier alpha value is -2.18. The maximum absolute atomic E-state index is 12.4. The van der Waals surface area contributed by atoms with Gasteiger partial charge in [-0.3, -0.25) is 9.59 Å². The van der Waals surface area contributed by atoms with Crippen molar-refractivity contribution in [1.29, 1.82) is 0 Å². The fourth-order valence-electron chi connectivity index (χ4n) is 2.82. The highest BCUT2D eigenvalue weighted by molar-refractivity contribution is 6.00. The van der Waals surface area contributed by atoms with Crippen molar-refractivity contribution in [3.63, 3.8) is 0 Å². The van der Waals surface area contributed by atoms with Crippen LogP contribution in [-0.2, 0) is 9.53 Å². The molecule has 1 unspecified atom stereocenters. The third-order valence-electron chi connectivity index (χ3n) is 4.06. The first-order chi connectivity index (χ1) is 11.4. The van der Waals surface area contributed by atoms with E-state index in [9.17, 15) is 14.7 Å². The standard InChI is InChI=1S/C18H24N2O4/c1-3-16(21)20-15-6-4-5-14(11-15)17(22)19-13(2)12-18(23)7-9-24-10-8-18/h3-6,11,13,23H,1,7-10,12H2,2H3,(H,19,22)(H,20,21). The average molecular weight is 332 g/mol. The van der Waals surface area contributed by atoms with Crippen molar-refractivity contribution in [3.8, 4) is 0 Å². The van der Waals surface area contributed by atoms with Gasteiger partial charge in [-0.25, -0.2) is 0 Å². The van der Waals surface area contributed by atoms with Gasteiger partial charge in [0.15, 0.2) is 0 Å². The number of carbonyl (C=O) groups excluding carboxylic acids is 2. The molecule has 130 valence electrons. The predicted molar refractivity (Wildman–Crippen MR) is 91.8 cm³/mol. The van der Waals surface area contributed by atoms with Gasteiger partial charge in [-0.2, -0.15) is 0 Å². The van der Waals surface area contributed by atoms with E-state index in [0.717, 1.165) is 0 Å². The van der Waals surface area contributed by atoms with Gasteiger partial charge in [0.1, 0.15) is 0 Å². The molecular formula is C18H24N2O4. The Balaban J connectivity index is 1.94. The van der Waals surface area contributed by atoms with Crippen LogP contribution in [0, 0.1) is 0 Å². The molecular weight excluding hydrogens is 308 g/mol. The van der Waals surface area contributed by atoms with Gasteiger partial charge in [0, 0.05) is 30.5 Å². The van der Waals surface area contributed by atoms with Crippen molar-refractivity contribution in [2.75, 3.05) is 18.5 Å². The summed E-state index contributed by atoms with van der Waals surface area (Å²) in [5, 5.41) is 16.0. The number of rotatable bonds is 6. The monoisotopic (exact) mass is 332 g/mol. The van der Waals surface area contributed by atoms with Gasteiger partial charge in [-0.05, 0) is 50.5 Å². The van der Waals surface area contributed by atoms with Crippen LogP contribution in [0.25, 0.3) is 0 Å². The zero-order chi connectivity index (χ0) is 17.6. The van der Waals surface area contributed by atoms with E-state index in [-0.39, 0.29) is 17.9 Å². The van der Waals surface area contributed by atoms with E-state index < -0.39 is 5.60 Å². The summed E-state index contributed by atoms with van der Waals surface area (Å²) in [6, 6.07) is 6.50. The average Bonchev–Trinajstić information content (AvgIpc) is 2.55. The number of carbonyl (C=O) groups is 2. The lowest BCUT2D eigenvalue weighted by Crippen LogP contribution is -2.44. The van der Waals surface area contributed by atoms with Gasteiger partial charge < -0.3 is 20.5 Å². The Kier molecular flexibility index (Phi) is 6.11. The first-order valence-corrected chi connectivity index (χ1v) is 8.06. The van der Waals surface area contributed by atoms with Crippen LogP contribution in [0.2, 0.25) is 0 Å². The summed E-state index contributed by atoms with van der Waals surface area (Å²) in [5.41, 5.74) is 0.191. The number of amides is 2. The first-order valence-electron chi connectivity index (χ1n) is 8.06. The van der Waals surface area contributed by atoms with E-state index in [2.05, 4.69) is 17.2 Å². The topological polar surface area (TPSA) is 87.7 Å². The van der Waals surface area contributed by atoms with Gasteiger partial charge in [-0.1, -0.05) is 12.6 Å². The van der Waals surface area contributed by atoms with Crippen molar-refractivity contribution in [3.05, 3.63) is 42.5 Å². The molecule has 1 fully saturated rings. The number of anilines is 1. The largest absolute Gasteiger partial charge is 0.390 e. The summed E-state index contributed by atoms with van der Waals surface area (Å²) in [6.07, 6.45) is 2.81. The van der Waals surface area contributed by atoms with Crippen LogP contribution in [0.1, 0.15) is 36.5 Å². The third-order valence-corrected chi connectivity index (χ3v) is 4.06. The molecule has 0 spiro atoms. The smallest absolute Gasteiger partial charge is 0.251 e. The lowest BCUT2D eigenvalue weighted by atomic mass is 9.88. The highest BCUT2D eigenvalue weighted by Crippen LogP contribution is 2.25. The van der Waals surface area contributed by atoms with Crippen molar-refractivity contribution in [2.45, 2.75) is 37.8 Å². The van der Waals surface area contributed by atoms with Gasteiger partial charge in [0.05, 0.1) is 5.60 Å². The third kappa shape index (κ3) is 5.18. The van der Waals surface area contributed by atoms with Gasteiger partial charge in [0.2, 0.25) is 5.91 Å². The van der Waals surface area contributed by atoms with Gasteiger partial charge in [-0.15, -0.1) is 0 Å². The predicted octanol–water partition coefficient (Wildman–Crippen LogP) is 1.86. The highest BCUT2D eigenvalue weighted by atomic mass is 16.5. The summed E-state index contributed by atoms with van der Waals surface area (Å²) in [5.74, 6) is -0.574. The molecule has 24 heavy (non-hydrogen) atoms. The summed E-state index contributed by atoms with van der Waals surface area (Å²) in [7, 11) is 0. The Bertz CT molecular complexity index is 609. The molecule has 1 heterocycles. The van der Waals surface area contributed by atoms with Crippen molar-refractivity contribution in [1.82, 2.24) is 5.32 Å². The zero-order valence-corrected chi connectivity index (χ0v) is 13.9. The molecule has 6 nitrogen and oxygen atoms in total. The van der Waals surface area contributed by atoms with Crippen molar-refractivity contribution >= 4 is 17.5 Å².